The summed E-state index contributed by atoms with van der Waals surface area (Å²) in [5.74, 6) is 3.29. The van der Waals surface area contributed by atoms with E-state index >= 15 is 0 Å². The molecule has 9 aromatic carbocycles. The molecule has 11 rings (SSSR count). The minimum Gasteiger partial charge on any atom is -0.457 e. The van der Waals surface area contributed by atoms with Crippen molar-refractivity contribution in [1.82, 2.24) is 0 Å². The second-order valence-electron chi connectivity index (χ2n) is 14.8. The largest absolute Gasteiger partial charge is 0.457 e. The van der Waals surface area contributed by atoms with Gasteiger partial charge in [-0.25, -0.2) is 0 Å². The Hall–Kier alpha value is -7.62. The monoisotopic (exact) mass is 743 g/mol. The van der Waals surface area contributed by atoms with E-state index in [2.05, 4.69) is 229 Å². The van der Waals surface area contributed by atoms with Gasteiger partial charge in [-0.05, 0) is 64.7 Å². The summed E-state index contributed by atoms with van der Waals surface area (Å²) in [6.07, 6.45) is 0. The number of rotatable bonds is 6. The molecule has 274 valence electrons. The summed E-state index contributed by atoms with van der Waals surface area (Å²) in [4.78, 5) is 2.39. The highest BCUT2D eigenvalue weighted by atomic mass is 16.5. The Morgan fingerprint density at radius 2 is 0.741 bits per heavy atom. The van der Waals surface area contributed by atoms with Crippen molar-refractivity contribution in [3.05, 3.63) is 247 Å². The fraction of sp³-hybridized carbons (Fsp3) is 0.0182. The molecule has 0 radical (unpaired) electrons. The maximum absolute atomic E-state index is 7.07. The Kier molecular flexibility index (Phi) is 8.04. The van der Waals surface area contributed by atoms with Gasteiger partial charge >= 0.3 is 0 Å². The van der Waals surface area contributed by atoms with Crippen LogP contribution in [0.15, 0.2) is 224 Å². The lowest BCUT2D eigenvalue weighted by Gasteiger charge is -2.45. The third kappa shape index (κ3) is 5.36. The quantitative estimate of drug-likeness (QED) is 0.169. The molecule has 0 saturated heterocycles. The molecule has 2 aliphatic heterocycles. The second-order valence-corrected chi connectivity index (χ2v) is 14.8. The Morgan fingerprint density at radius 3 is 1.33 bits per heavy atom. The number of ether oxygens (including phenoxy) is 2. The van der Waals surface area contributed by atoms with Crippen molar-refractivity contribution in [3.8, 4) is 56.4 Å². The van der Waals surface area contributed by atoms with Crippen LogP contribution >= 0.6 is 0 Å². The van der Waals surface area contributed by atoms with E-state index < -0.39 is 5.41 Å². The third-order valence-electron chi connectivity index (χ3n) is 11.6. The van der Waals surface area contributed by atoms with E-state index in [1.165, 1.54) is 0 Å². The molecule has 0 aromatic heterocycles. The first-order chi connectivity index (χ1) is 28.8. The van der Waals surface area contributed by atoms with Gasteiger partial charge in [-0.15, -0.1) is 0 Å². The van der Waals surface area contributed by atoms with Gasteiger partial charge in [0.15, 0.2) is 0 Å². The van der Waals surface area contributed by atoms with Crippen LogP contribution in [0.25, 0.3) is 33.4 Å². The molecule has 1 spiro atoms. The summed E-state index contributed by atoms with van der Waals surface area (Å²) in [6, 6.07) is 79.5. The highest BCUT2D eigenvalue weighted by molar-refractivity contribution is 5.94. The van der Waals surface area contributed by atoms with E-state index in [1.54, 1.807) is 0 Å². The third-order valence-corrected chi connectivity index (χ3v) is 11.6. The highest BCUT2D eigenvalue weighted by Gasteiger charge is 2.50. The first-order valence-corrected chi connectivity index (χ1v) is 19.8. The van der Waals surface area contributed by atoms with Crippen molar-refractivity contribution < 1.29 is 9.47 Å². The molecule has 0 bridgehead atoms. The molecule has 1 atom stereocenters. The number of fused-ring (bicyclic) bond motifs is 8. The molecule has 2 heterocycles. The fourth-order valence-electron chi connectivity index (χ4n) is 9.07. The lowest BCUT2D eigenvalue weighted by molar-refractivity contribution is 0.399. The minimum atomic E-state index is -0.730. The number of nitrogens with zero attached hydrogens (tertiary/aromatic N) is 1. The molecule has 0 saturated carbocycles. The summed E-state index contributed by atoms with van der Waals surface area (Å²) in [5, 5.41) is 0. The van der Waals surface area contributed by atoms with Crippen LogP contribution in [-0.2, 0) is 5.41 Å². The number of anilines is 3. The van der Waals surface area contributed by atoms with Crippen LogP contribution in [0.2, 0.25) is 0 Å². The summed E-state index contributed by atoms with van der Waals surface area (Å²) >= 11 is 0. The van der Waals surface area contributed by atoms with Crippen LogP contribution < -0.4 is 14.4 Å². The SMILES string of the molecule is c1ccc(-c2ccc3c(c2)C2(c4ccccc4Oc4cc(N(c5ccccc5-c5ccccc5)c5ccccc5-c5ccccc5)ccc42)c2ccccc2O3)cc1. The van der Waals surface area contributed by atoms with Gasteiger partial charge < -0.3 is 14.4 Å². The van der Waals surface area contributed by atoms with Crippen molar-refractivity contribution in [2.45, 2.75) is 5.41 Å². The normalized spacial score (nSPS) is 14.6. The molecule has 58 heavy (non-hydrogen) atoms. The summed E-state index contributed by atoms with van der Waals surface area (Å²) in [5.41, 5.74) is 13.5. The first-order valence-electron chi connectivity index (χ1n) is 19.8. The van der Waals surface area contributed by atoms with Crippen molar-refractivity contribution in [2.24, 2.45) is 0 Å². The average Bonchev–Trinajstić information content (AvgIpc) is 3.30. The van der Waals surface area contributed by atoms with E-state index in [0.717, 1.165) is 95.7 Å². The molecule has 0 aliphatic carbocycles. The van der Waals surface area contributed by atoms with Gasteiger partial charge in [0.05, 0.1) is 16.8 Å². The maximum Gasteiger partial charge on any atom is 0.134 e. The minimum absolute atomic E-state index is 0.730. The first kappa shape index (κ1) is 33.7. The van der Waals surface area contributed by atoms with Gasteiger partial charge in [0, 0.05) is 45.1 Å². The highest BCUT2D eigenvalue weighted by Crippen LogP contribution is 2.62. The summed E-state index contributed by atoms with van der Waals surface area (Å²) in [6.45, 7) is 0. The lowest BCUT2D eigenvalue weighted by atomic mass is 9.62. The van der Waals surface area contributed by atoms with Crippen LogP contribution in [-0.4, -0.2) is 0 Å². The average molecular weight is 744 g/mol. The number of para-hydroxylation sites is 4. The van der Waals surface area contributed by atoms with E-state index in [4.69, 9.17) is 9.47 Å². The molecule has 3 nitrogen and oxygen atoms in total. The van der Waals surface area contributed by atoms with Crippen molar-refractivity contribution in [1.29, 1.82) is 0 Å². The topological polar surface area (TPSA) is 21.7 Å². The second kappa shape index (κ2) is 13.8. The van der Waals surface area contributed by atoms with E-state index in [9.17, 15) is 0 Å². The Morgan fingerprint density at radius 1 is 0.293 bits per heavy atom. The molecule has 0 fully saturated rings. The summed E-state index contributed by atoms with van der Waals surface area (Å²) in [7, 11) is 0. The van der Waals surface area contributed by atoms with E-state index in [-0.39, 0.29) is 0 Å². The number of hydrogen-bond donors (Lipinski definition) is 0. The Balaban J connectivity index is 1.19. The fourth-order valence-corrected chi connectivity index (χ4v) is 9.07. The van der Waals surface area contributed by atoms with Crippen LogP contribution in [0.5, 0.6) is 23.0 Å². The number of hydrogen-bond acceptors (Lipinski definition) is 3. The Bertz CT molecular complexity index is 2860. The molecule has 0 amide bonds. The van der Waals surface area contributed by atoms with Gasteiger partial charge in [-0.3, -0.25) is 0 Å². The van der Waals surface area contributed by atoms with Crippen LogP contribution in [0.1, 0.15) is 22.3 Å². The Labute approximate surface area is 338 Å². The molecule has 9 aromatic rings. The van der Waals surface area contributed by atoms with Gasteiger partial charge in [-0.2, -0.15) is 0 Å². The van der Waals surface area contributed by atoms with E-state index in [1.807, 2.05) is 0 Å². The van der Waals surface area contributed by atoms with Crippen LogP contribution in [0.3, 0.4) is 0 Å². The van der Waals surface area contributed by atoms with Crippen molar-refractivity contribution >= 4 is 17.1 Å². The van der Waals surface area contributed by atoms with Crippen LogP contribution in [0.4, 0.5) is 17.1 Å². The smallest absolute Gasteiger partial charge is 0.134 e. The van der Waals surface area contributed by atoms with Gasteiger partial charge in [0.2, 0.25) is 0 Å². The summed E-state index contributed by atoms with van der Waals surface area (Å²) < 4.78 is 13.8. The zero-order chi connectivity index (χ0) is 38.5. The predicted molar refractivity (Wildman–Crippen MR) is 236 cm³/mol. The molecular weight excluding hydrogens is 707 g/mol. The lowest BCUT2D eigenvalue weighted by Crippen LogP contribution is -2.37. The van der Waals surface area contributed by atoms with Crippen molar-refractivity contribution in [3.63, 3.8) is 0 Å². The van der Waals surface area contributed by atoms with Gasteiger partial charge in [-0.1, -0.05) is 176 Å². The molecule has 1 unspecified atom stereocenters. The molecular formula is C55H37NO2. The zero-order valence-electron chi connectivity index (χ0n) is 31.6. The maximum atomic E-state index is 7.07. The van der Waals surface area contributed by atoms with Crippen LogP contribution in [0, 0.1) is 0 Å². The zero-order valence-corrected chi connectivity index (χ0v) is 31.6. The molecule has 0 N–H and O–H groups in total. The van der Waals surface area contributed by atoms with E-state index in [0.29, 0.717) is 0 Å². The van der Waals surface area contributed by atoms with Crippen molar-refractivity contribution in [2.75, 3.05) is 4.90 Å². The number of benzene rings is 9. The molecule has 3 heteroatoms. The molecule has 2 aliphatic rings. The standard InChI is InChI=1S/C55H37NO2/c1-4-18-38(19-5-1)41-32-35-53-48(36-41)55(45-26-12-16-30-51(45)57-53)46-27-13-17-31-52(46)58-54-37-42(33-34-47(54)55)56(49-28-14-10-24-43(49)39-20-6-2-7-21-39)50-29-15-11-25-44(50)40-22-8-3-9-23-40/h1-37H. The van der Waals surface area contributed by atoms with Gasteiger partial charge in [0.25, 0.3) is 0 Å². The predicted octanol–water partition coefficient (Wildman–Crippen LogP) is 14.8. The van der Waals surface area contributed by atoms with Gasteiger partial charge in [0.1, 0.15) is 23.0 Å².